The van der Waals surface area contributed by atoms with Crippen LogP contribution >= 0.6 is 0 Å². The lowest BCUT2D eigenvalue weighted by Crippen LogP contribution is -2.37. The number of ether oxygens (including phenoxy) is 1. The van der Waals surface area contributed by atoms with Crippen molar-refractivity contribution >= 4 is 28.6 Å². The van der Waals surface area contributed by atoms with E-state index in [1.807, 2.05) is 37.3 Å². The second-order valence-corrected chi connectivity index (χ2v) is 8.50. The number of amides is 1. The lowest BCUT2D eigenvalue weighted by molar-refractivity contribution is -0.123. The van der Waals surface area contributed by atoms with Crippen LogP contribution < -0.4 is 5.32 Å². The zero-order valence-corrected chi connectivity index (χ0v) is 18.9. The summed E-state index contributed by atoms with van der Waals surface area (Å²) in [6.07, 6.45) is 1.47. The van der Waals surface area contributed by atoms with Gasteiger partial charge in [0.25, 0.3) is 5.91 Å². The maximum atomic E-state index is 13.4. The van der Waals surface area contributed by atoms with Gasteiger partial charge in [-0.25, -0.2) is 9.78 Å². The van der Waals surface area contributed by atoms with Crippen LogP contribution in [0, 0.1) is 6.92 Å². The van der Waals surface area contributed by atoms with E-state index in [2.05, 4.69) is 29.0 Å². The predicted molar refractivity (Wildman–Crippen MR) is 123 cm³/mol. The van der Waals surface area contributed by atoms with Crippen LogP contribution in [0.5, 0.6) is 0 Å². The van der Waals surface area contributed by atoms with Gasteiger partial charge in [-0.3, -0.25) is 14.7 Å². The molecular formula is C25H28N4O3. The minimum absolute atomic E-state index is 0.352. The Labute approximate surface area is 187 Å². The van der Waals surface area contributed by atoms with Gasteiger partial charge in [-0.05, 0) is 45.4 Å². The summed E-state index contributed by atoms with van der Waals surface area (Å²) < 4.78 is 5.64. The van der Waals surface area contributed by atoms with E-state index < -0.39 is 18.0 Å². The van der Waals surface area contributed by atoms with Crippen molar-refractivity contribution in [2.45, 2.75) is 52.8 Å². The third-order valence-electron chi connectivity index (χ3n) is 5.83. The van der Waals surface area contributed by atoms with Crippen molar-refractivity contribution < 1.29 is 14.3 Å². The fourth-order valence-corrected chi connectivity index (χ4v) is 3.93. The molecule has 0 aliphatic carbocycles. The van der Waals surface area contributed by atoms with E-state index in [1.54, 1.807) is 19.2 Å². The first-order valence-electron chi connectivity index (χ1n) is 10.9. The molecule has 7 heteroatoms. The fourth-order valence-electron chi connectivity index (χ4n) is 3.93. The second-order valence-electron chi connectivity index (χ2n) is 8.50. The van der Waals surface area contributed by atoms with Crippen molar-refractivity contribution in [2.75, 3.05) is 11.9 Å². The Bertz CT molecular complexity index is 1160. The molecule has 1 aliphatic rings. The highest BCUT2D eigenvalue weighted by atomic mass is 16.5. The number of aromatic nitrogens is 2. The highest BCUT2D eigenvalue weighted by Crippen LogP contribution is 2.29. The van der Waals surface area contributed by atoms with E-state index in [1.165, 1.54) is 0 Å². The summed E-state index contributed by atoms with van der Waals surface area (Å²) in [5.41, 5.74) is 4.07. The number of esters is 1. The number of aryl methyl sites for hydroxylation is 1. The molecule has 3 heterocycles. The molecule has 1 aromatic carbocycles. The topological polar surface area (TPSA) is 84.4 Å². The Kier molecular flexibility index (Phi) is 6.19. The maximum absolute atomic E-state index is 13.4. The Hall–Kier alpha value is -3.32. The summed E-state index contributed by atoms with van der Waals surface area (Å²) >= 11 is 0. The molecular weight excluding hydrogens is 404 g/mol. The molecule has 7 nitrogen and oxygen atoms in total. The second kappa shape index (κ2) is 9.04. The molecule has 1 atom stereocenters. The molecule has 2 aromatic heterocycles. The Morgan fingerprint density at radius 1 is 1.12 bits per heavy atom. The van der Waals surface area contributed by atoms with Crippen LogP contribution in [-0.2, 0) is 22.5 Å². The molecule has 0 fully saturated rings. The summed E-state index contributed by atoms with van der Waals surface area (Å²) in [4.78, 5) is 37.3. The van der Waals surface area contributed by atoms with Crippen LogP contribution in [0.1, 0.15) is 48.0 Å². The van der Waals surface area contributed by atoms with E-state index >= 15 is 0 Å². The first kappa shape index (κ1) is 21.9. The molecule has 32 heavy (non-hydrogen) atoms. The number of rotatable bonds is 5. The summed E-state index contributed by atoms with van der Waals surface area (Å²) in [5, 5.41) is 3.44. The normalized spacial score (nSPS) is 14.8. The van der Waals surface area contributed by atoms with E-state index in [4.69, 9.17) is 9.72 Å². The molecule has 0 bridgehead atoms. The van der Waals surface area contributed by atoms with Crippen LogP contribution in [-0.4, -0.2) is 45.4 Å². The number of benzene rings is 1. The minimum Gasteiger partial charge on any atom is -0.449 e. The number of carbonyl (C=O) groups excluding carboxylic acids is 2. The average molecular weight is 433 g/mol. The largest absolute Gasteiger partial charge is 0.449 e. The van der Waals surface area contributed by atoms with Crippen molar-refractivity contribution in [2.24, 2.45) is 0 Å². The van der Waals surface area contributed by atoms with Gasteiger partial charge >= 0.3 is 5.97 Å². The van der Waals surface area contributed by atoms with Crippen molar-refractivity contribution in [1.82, 2.24) is 14.9 Å². The van der Waals surface area contributed by atoms with Gasteiger partial charge in [-0.2, -0.15) is 0 Å². The highest BCUT2D eigenvalue weighted by Gasteiger charge is 2.29. The summed E-state index contributed by atoms with van der Waals surface area (Å²) in [6, 6.07) is 11.5. The predicted octanol–water partition coefficient (Wildman–Crippen LogP) is 3.89. The SMILES string of the molecule is Cc1ccc(NC(=O)C(C)OC(=O)c2c3c(nc4ccccc24)CCN(C(C)C)C3)nc1. The number of fused-ring (bicyclic) bond motifs is 2. The number of hydrogen-bond donors (Lipinski definition) is 1. The summed E-state index contributed by atoms with van der Waals surface area (Å²) in [6.45, 7) is 9.29. The van der Waals surface area contributed by atoms with Crippen LogP contribution in [0.25, 0.3) is 10.9 Å². The smallest absolute Gasteiger partial charge is 0.339 e. The zero-order valence-electron chi connectivity index (χ0n) is 18.9. The van der Waals surface area contributed by atoms with Crippen molar-refractivity contribution in [3.05, 3.63) is 65.0 Å². The summed E-state index contributed by atoms with van der Waals surface area (Å²) in [7, 11) is 0. The monoisotopic (exact) mass is 432 g/mol. The van der Waals surface area contributed by atoms with E-state index in [0.717, 1.165) is 40.7 Å². The van der Waals surface area contributed by atoms with Crippen LogP contribution in [0.2, 0.25) is 0 Å². The maximum Gasteiger partial charge on any atom is 0.339 e. The molecule has 1 unspecified atom stereocenters. The standard InChI is InChI=1S/C25H28N4O3/c1-15(2)29-12-11-21-19(14-29)23(18-7-5-6-8-20(18)27-21)25(31)32-17(4)24(30)28-22-10-9-16(3)13-26-22/h5-10,13,15,17H,11-12,14H2,1-4H3,(H,26,28,30). The number of anilines is 1. The van der Waals surface area contributed by atoms with E-state index in [0.29, 0.717) is 24.0 Å². The van der Waals surface area contributed by atoms with Crippen LogP contribution in [0.3, 0.4) is 0 Å². The molecule has 4 rings (SSSR count). The minimum atomic E-state index is -0.974. The zero-order chi connectivity index (χ0) is 22.8. The molecule has 0 saturated carbocycles. The van der Waals surface area contributed by atoms with E-state index in [-0.39, 0.29) is 0 Å². The van der Waals surface area contributed by atoms with Gasteiger partial charge in [0.2, 0.25) is 0 Å². The summed E-state index contributed by atoms with van der Waals surface area (Å²) in [5.74, 6) is -0.515. The molecule has 166 valence electrons. The molecule has 0 spiro atoms. The number of nitrogens with zero attached hydrogens (tertiary/aromatic N) is 3. The van der Waals surface area contributed by atoms with Gasteiger partial charge in [0, 0.05) is 48.4 Å². The van der Waals surface area contributed by atoms with Gasteiger partial charge in [0.1, 0.15) is 5.82 Å². The number of para-hydroxylation sites is 1. The number of hydrogen-bond acceptors (Lipinski definition) is 6. The van der Waals surface area contributed by atoms with Crippen LogP contribution in [0.4, 0.5) is 5.82 Å². The molecule has 1 N–H and O–H groups in total. The first-order valence-corrected chi connectivity index (χ1v) is 10.9. The Balaban J connectivity index is 1.62. The van der Waals surface area contributed by atoms with Crippen molar-refractivity contribution in [1.29, 1.82) is 0 Å². The Morgan fingerprint density at radius 2 is 1.91 bits per heavy atom. The van der Waals surface area contributed by atoms with Crippen molar-refractivity contribution in [3.8, 4) is 0 Å². The first-order chi connectivity index (χ1) is 15.3. The van der Waals surface area contributed by atoms with Gasteiger partial charge < -0.3 is 10.1 Å². The number of nitrogens with one attached hydrogen (secondary N) is 1. The third kappa shape index (κ3) is 4.48. The quantitative estimate of drug-likeness (QED) is 0.616. The third-order valence-corrected chi connectivity index (χ3v) is 5.83. The highest BCUT2D eigenvalue weighted by molar-refractivity contribution is 6.06. The van der Waals surface area contributed by atoms with E-state index in [9.17, 15) is 9.59 Å². The Morgan fingerprint density at radius 3 is 2.62 bits per heavy atom. The van der Waals surface area contributed by atoms with Crippen molar-refractivity contribution in [3.63, 3.8) is 0 Å². The fraction of sp³-hybridized carbons (Fsp3) is 0.360. The number of pyridine rings is 2. The molecule has 1 amide bonds. The molecule has 3 aromatic rings. The van der Waals surface area contributed by atoms with Gasteiger partial charge in [-0.1, -0.05) is 24.3 Å². The molecule has 0 saturated heterocycles. The van der Waals surface area contributed by atoms with Crippen LogP contribution in [0.15, 0.2) is 42.6 Å². The average Bonchev–Trinajstić information content (AvgIpc) is 2.78. The molecule has 0 radical (unpaired) electrons. The molecule has 1 aliphatic heterocycles. The van der Waals surface area contributed by atoms with Gasteiger partial charge in [-0.15, -0.1) is 0 Å². The van der Waals surface area contributed by atoms with Gasteiger partial charge in [0.05, 0.1) is 11.1 Å². The van der Waals surface area contributed by atoms with Gasteiger partial charge in [0.15, 0.2) is 6.10 Å². The lowest BCUT2D eigenvalue weighted by Gasteiger charge is -2.32. The lowest BCUT2D eigenvalue weighted by atomic mass is 9.95. The number of carbonyl (C=O) groups is 2.